The van der Waals surface area contributed by atoms with Crippen molar-refractivity contribution in [1.82, 2.24) is 15.4 Å². The van der Waals surface area contributed by atoms with Gasteiger partial charge in [-0.1, -0.05) is 6.58 Å². The fourth-order valence-electron chi connectivity index (χ4n) is 2.23. The zero-order chi connectivity index (χ0) is 21.5. The van der Waals surface area contributed by atoms with Crippen molar-refractivity contribution >= 4 is 17.0 Å². The molecule has 0 aliphatic carbocycles. The van der Waals surface area contributed by atoms with Gasteiger partial charge in [-0.2, -0.15) is 0 Å². The normalized spacial score (nSPS) is 11.6. The van der Waals surface area contributed by atoms with Gasteiger partial charge in [-0.05, 0) is 50.2 Å². The molecule has 1 N–H and O–H groups in total. The summed E-state index contributed by atoms with van der Waals surface area (Å²) >= 11 is 0. The van der Waals surface area contributed by atoms with Crippen LogP contribution in [0.3, 0.4) is 0 Å². The topological polar surface area (TPSA) is 91.8 Å². The minimum absolute atomic E-state index is 0.0985. The lowest BCUT2D eigenvalue weighted by atomic mass is 10.2. The number of carbonyl (C=O) groups is 1. The molecule has 1 atom stereocenters. The third kappa shape index (κ3) is 5.89. The Balaban J connectivity index is 1.52. The van der Waals surface area contributed by atoms with Crippen molar-refractivity contribution in [2.24, 2.45) is 5.92 Å². The maximum atomic E-state index is 13.2. The second kappa shape index (κ2) is 9.66. The molecular weight excluding hydrogens is 393 g/mol. The molecule has 1 heterocycles. The standard InChI is InChI=1S/C21H20FN3O5/c1-13(2)25-27-12-14(3)21(26)30-29-17-7-5-16(6-8-17)28-20-11-23-19-10-15(22)4-9-18(19)24-20/h4-11,14,25H,1,12H2,2-3H3. The predicted octanol–water partition coefficient (Wildman–Crippen LogP) is 4.09. The quantitative estimate of drug-likeness (QED) is 0.414. The Morgan fingerprint density at radius 2 is 1.90 bits per heavy atom. The number of hydroxylamine groups is 1. The molecule has 0 aliphatic rings. The van der Waals surface area contributed by atoms with E-state index in [4.69, 9.17) is 19.3 Å². The third-order valence-electron chi connectivity index (χ3n) is 3.73. The lowest BCUT2D eigenvalue weighted by molar-refractivity contribution is -0.220. The van der Waals surface area contributed by atoms with Gasteiger partial charge in [0.15, 0.2) is 5.75 Å². The van der Waals surface area contributed by atoms with Crippen molar-refractivity contribution in [1.29, 1.82) is 0 Å². The summed E-state index contributed by atoms with van der Waals surface area (Å²) in [5.41, 5.74) is 4.13. The third-order valence-corrected chi connectivity index (χ3v) is 3.73. The van der Waals surface area contributed by atoms with Crippen LogP contribution in [0.2, 0.25) is 0 Å². The van der Waals surface area contributed by atoms with Gasteiger partial charge in [0.05, 0.1) is 29.8 Å². The summed E-state index contributed by atoms with van der Waals surface area (Å²) in [4.78, 5) is 35.2. The molecular formula is C21H20FN3O5. The van der Waals surface area contributed by atoms with Gasteiger partial charge in [0.2, 0.25) is 5.88 Å². The number of carbonyl (C=O) groups excluding carboxylic acids is 1. The van der Waals surface area contributed by atoms with Crippen molar-refractivity contribution in [3.05, 3.63) is 66.8 Å². The van der Waals surface area contributed by atoms with Gasteiger partial charge in [-0.25, -0.2) is 19.2 Å². The summed E-state index contributed by atoms with van der Waals surface area (Å²) in [6.45, 7) is 7.08. The lowest BCUT2D eigenvalue weighted by Gasteiger charge is -2.12. The van der Waals surface area contributed by atoms with Crippen LogP contribution in [0.5, 0.6) is 17.4 Å². The van der Waals surface area contributed by atoms with E-state index < -0.39 is 11.9 Å². The molecule has 9 heteroatoms. The van der Waals surface area contributed by atoms with Crippen LogP contribution in [-0.4, -0.2) is 22.5 Å². The molecule has 0 spiro atoms. The largest absolute Gasteiger partial charge is 0.437 e. The average Bonchev–Trinajstić information content (AvgIpc) is 2.72. The molecule has 0 bridgehead atoms. The van der Waals surface area contributed by atoms with Crippen molar-refractivity contribution < 1.29 is 28.5 Å². The van der Waals surface area contributed by atoms with E-state index in [0.717, 1.165) is 0 Å². The van der Waals surface area contributed by atoms with Crippen LogP contribution in [-0.2, 0) is 14.5 Å². The number of nitrogens with one attached hydrogen (secondary N) is 1. The summed E-state index contributed by atoms with van der Waals surface area (Å²) in [5, 5.41) is 0. The molecule has 8 nitrogen and oxygen atoms in total. The summed E-state index contributed by atoms with van der Waals surface area (Å²) < 4.78 is 18.8. The number of hydrogen-bond acceptors (Lipinski definition) is 8. The number of hydrogen-bond donors (Lipinski definition) is 1. The number of aromatic nitrogens is 2. The zero-order valence-electron chi connectivity index (χ0n) is 16.4. The van der Waals surface area contributed by atoms with Gasteiger partial charge in [0.25, 0.3) is 0 Å². The number of allylic oxidation sites excluding steroid dienone is 1. The number of ether oxygens (including phenoxy) is 1. The molecule has 0 radical (unpaired) electrons. The fourth-order valence-corrected chi connectivity index (χ4v) is 2.23. The molecule has 3 aromatic rings. The molecule has 0 saturated heterocycles. The van der Waals surface area contributed by atoms with Crippen LogP contribution in [0.25, 0.3) is 11.0 Å². The molecule has 0 amide bonds. The van der Waals surface area contributed by atoms with Crippen molar-refractivity contribution in [3.8, 4) is 17.4 Å². The van der Waals surface area contributed by atoms with Gasteiger partial charge in [0.1, 0.15) is 11.6 Å². The van der Waals surface area contributed by atoms with E-state index in [0.29, 0.717) is 28.2 Å². The van der Waals surface area contributed by atoms with E-state index in [1.165, 1.54) is 24.4 Å². The predicted molar refractivity (Wildman–Crippen MR) is 106 cm³/mol. The maximum absolute atomic E-state index is 13.2. The number of halogens is 1. The molecule has 1 aromatic heterocycles. The van der Waals surface area contributed by atoms with Gasteiger partial charge >= 0.3 is 5.97 Å². The summed E-state index contributed by atoms with van der Waals surface area (Å²) in [6.07, 6.45) is 1.40. The highest BCUT2D eigenvalue weighted by atomic mass is 19.1. The second-order valence-electron chi connectivity index (χ2n) is 6.49. The first kappa shape index (κ1) is 21.0. The molecule has 2 aromatic carbocycles. The fraction of sp³-hybridized carbons (Fsp3) is 0.190. The summed E-state index contributed by atoms with van der Waals surface area (Å²) in [7, 11) is 0. The Kier molecular flexibility index (Phi) is 6.76. The van der Waals surface area contributed by atoms with Crippen LogP contribution in [0.15, 0.2) is 60.9 Å². The van der Waals surface area contributed by atoms with Crippen LogP contribution in [0.4, 0.5) is 4.39 Å². The van der Waals surface area contributed by atoms with Crippen LogP contribution in [0, 0.1) is 11.7 Å². The van der Waals surface area contributed by atoms with E-state index in [2.05, 4.69) is 22.0 Å². The highest BCUT2D eigenvalue weighted by molar-refractivity contribution is 5.74. The maximum Gasteiger partial charge on any atom is 0.360 e. The number of nitrogens with zero attached hydrogens (tertiary/aromatic N) is 2. The minimum Gasteiger partial charge on any atom is -0.437 e. The van der Waals surface area contributed by atoms with E-state index in [9.17, 15) is 9.18 Å². The van der Waals surface area contributed by atoms with Crippen molar-refractivity contribution in [2.75, 3.05) is 6.61 Å². The highest BCUT2D eigenvalue weighted by Crippen LogP contribution is 2.24. The van der Waals surface area contributed by atoms with Crippen molar-refractivity contribution in [3.63, 3.8) is 0 Å². The Morgan fingerprint density at radius 3 is 2.63 bits per heavy atom. The van der Waals surface area contributed by atoms with Crippen LogP contribution in [0.1, 0.15) is 13.8 Å². The Labute approximate surface area is 172 Å². The number of benzene rings is 2. The Hall–Kier alpha value is -3.72. The highest BCUT2D eigenvalue weighted by Gasteiger charge is 2.17. The Bertz CT molecular complexity index is 1040. The number of fused-ring (bicyclic) bond motifs is 1. The van der Waals surface area contributed by atoms with E-state index in [-0.39, 0.29) is 18.3 Å². The van der Waals surface area contributed by atoms with E-state index >= 15 is 0 Å². The molecule has 156 valence electrons. The minimum atomic E-state index is -0.582. The smallest absolute Gasteiger partial charge is 0.360 e. The summed E-state index contributed by atoms with van der Waals surface area (Å²) in [6, 6.07) is 10.5. The molecule has 0 saturated carbocycles. The molecule has 0 aliphatic heterocycles. The first-order valence-electron chi connectivity index (χ1n) is 9.02. The molecule has 30 heavy (non-hydrogen) atoms. The SMILES string of the molecule is C=C(C)NOCC(C)C(=O)OOc1ccc(Oc2cnc3cc(F)ccc3n2)cc1. The molecule has 3 rings (SSSR count). The van der Waals surface area contributed by atoms with E-state index in [1.54, 1.807) is 38.1 Å². The summed E-state index contributed by atoms with van der Waals surface area (Å²) in [5.74, 6) is -0.472. The van der Waals surface area contributed by atoms with Gasteiger partial charge in [-0.3, -0.25) is 20.1 Å². The number of rotatable bonds is 9. The lowest BCUT2D eigenvalue weighted by Crippen LogP contribution is -2.24. The van der Waals surface area contributed by atoms with Crippen LogP contribution < -0.4 is 15.1 Å². The van der Waals surface area contributed by atoms with Gasteiger partial charge in [-0.15, -0.1) is 0 Å². The molecule has 0 fully saturated rings. The van der Waals surface area contributed by atoms with Gasteiger partial charge in [0, 0.05) is 11.8 Å². The Morgan fingerprint density at radius 1 is 1.17 bits per heavy atom. The first-order chi connectivity index (χ1) is 14.4. The van der Waals surface area contributed by atoms with Crippen molar-refractivity contribution in [2.45, 2.75) is 13.8 Å². The monoisotopic (exact) mass is 413 g/mol. The first-order valence-corrected chi connectivity index (χ1v) is 9.02. The van der Waals surface area contributed by atoms with E-state index in [1.807, 2.05) is 0 Å². The van der Waals surface area contributed by atoms with Crippen LogP contribution >= 0.6 is 0 Å². The average molecular weight is 413 g/mol. The van der Waals surface area contributed by atoms with Gasteiger partial charge < -0.3 is 4.74 Å². The zero-order valence-corrected chi connectivity index (χ0v) is 16.4. The molecule has 1 unspecified atom stereocenters. The second-order valence-corrected chi connectivity index (χ2v) is 6.49.